The number of hydrogen-bond acceptors (Lipinski definition) is 5. The van der Waals surface area contributed by atoms with E-state index in [4.69, 9.17) is 5.41 Å². The van der Waals surface area contributed by atoms with E-state index in [0.29, 0.717) is 5.84 Å². The summed E-state index contributed by atoms with van der Waals surface area (Å²) in [5, 5.41) is 12.3. The molecule has 2 heterocycles. The van der Waals surface area contributed by atoms with Crippen LogP contribution in [0.2, 0.25) is 0 Å². The number of fused-ring (bicyclic) bond motifs is 1. The minimum Gasteiger partial charge on any atom is -0.394 e. The van der Waals surface area contributed by atoms with E-state index in [9.17, 15) is 0 Å². The largest absolute Gasteiger partial charge is 0.394 e. The predicted octanol–water partition coefficient (Wildman–Crippen LogP) is 0.443. The molecule has 1 aromatic rings. The molecule has 1 aromatic heterocycles. The molecular weight excluding hydrogens is 192 g/mol. The molecule has 0 saturated heterocycles. The maximum absolute atomic E-state index is 7.80. The third-order valence-electron chi connectivity index (χ3n) is 1.99. The first kappa shape index (κ1) is 9.47. The van der Waals surface area contributed by atoms with Crippen molar-refractivity contribution in [3.8, 4) is 0 Å². The Morgan fingerprint density at radius 2 is 2.53 bits per heavy atom. The van der Waals surface area contributed by atoms with Gasteiger partial charge in [0.1, 0.15) is 5.84 Å². The topological polar surface area (TPSA) is 76.1 Å². The lowest BCUT2D eigenvalue weighted by Crippen LogP contribution is -2.39. The van der Waals surface area contributed by atoms with Crippen LogP contribution < -0.4 is 21.3 Å². The van der Waals surface area contributed by atoms with Crippen LogP contribution in [0.5, 0.6) is 0 Å². The van der Waals surface area contributed by atoms with Gasteiger partial charge in [-0.2, -0.15) is 0 Å². The molecule has 0 unspecified atom stereocenters. The highest BCUT2D eigenvalue weighted by Crippen LogP contribution is 2.27. The average molecular weight is 204 g/mol. The van der Waals surface area contributed by atoms with Crippen molar-refractivity contribution in [1.29, 1.82) is 5.41 Å². The van der Waals surface area contributed by atoms with Gasteiger partial charge in [0.2, 0.25) is 0 Å². The fraction of sp³-hybridized carbons (Fsp3) is 0.111. The first-order valence-electron chi connectivity index (χ1n) is 4.51. The van der Waals surface area contributed by atoms with Crippen LogP contribution in [-0.2, 0) is 0 Å². The Kier molecular flexibility index (Phi) is 2.51. The highest BCUT2D eigenvalue weighted by Gasteiger charge is 2.20. The average Bonchev–Trinajstić information content (AvgIpc) is 2.69. The lowest BCUT2D eigenvalue weighted by Gasteiger charge is -2.15. The highest BCUT2D eigenvalue weighted by atomic mass is 15.7. The molecule has 0 aromatic carbocycles. The highest BCUT2D eigenvalue weighted by molar-refractivity contribution is 6.05. The Hall–Kier alpha value is -2.08. The van der Waals surface area contributed by atoms with Gasteiger partial charge < -0.3 is 5.32 Å². The summed E-state index contributed by atoms with van der Waals surface area (Å²) in [6.07, 6.45) is 6.75. The van der Waals surface area contributed by atoms with Crippen molar-refractivity contribution in [2.45, 2.75) is 0 Å². The third-order valence-corrected chi connectivity index (χ3v) is 1.99. The maximum Gasteiger partial charge on any atom is 0.142 e. The summed E-state index contributed by atoms with van der Waals surface area (Å²) in [7, 11) is 1.79. The van der Waals surface area contributed by atoms with Gasteiger partial charge in [0.25, 0.3) is 0 Å². The van der Waals surface area contributed by atoms with E-state index >= 15 is 0 Å². The van der Waals surface area contributed by atoms with E-state index in [2.05, 4.69) is 21.3 Å². The normalized spacial score (nSPS) is 13.8. The van der Waals surface area contributed by atoms with Crippen LogP contribution >= 0.6 is 0 Å². The molecule has 6 heteroatoms. The number of anilines is 2. The summed E-state index contributed by atoms with van der Waals surface area (Å²) < 4.78 is 0. The number of rotatable bonds is 2. The van der Waals surface area contributed by atoms with E-state index < -0.39 is 0 Å². The molecule has 0 bridgehead atoms. The first-order valence-corrected chi connectivity index (χ1v) is 4.51. The zero-order valence-corrected chi connectivity index (χ0v) is 8.28. The molecule has 15 heavy (non-hydrogen) atoms. The molecule has 1 aliphatic heterocycles. The molecule has 1 aliphatic rings. The monoisotopic (exact) mass is 204 g/mol. The molecule has 2 rings (SSSR count). The molecule has 0 atom stereocenters. The lowest BCUT2D eigenvalue weighted by atomic mass is 10.3. The van der Waals surface area contributed by atoms with Crippen LogP contribution in [-0.4, -0.2) is 17.9 Å². The fourth-order valence-electron chi connectivity index (χ4n) is 1.28. The summed E-state index contributed by atoms with van der Waals surface area (Å²) in [5.41, 5.74) is 7.54. The number of pyridine rings is 1. The Bertz CT molecular complexity index is 399. The van der Waals surface area contributed by atoms with Crippen molar-refractivity contribution in [2.75, 3.05) is 17.5 Å². The molecule has 78 valence electrons. The summed E-state index contributed by atoms with van der Waals surface area (Å²) in [6.45, 7) is 0. The van der Waals surface area contributed by atoms with Gasteiger partial charge in [0, 0.05) is 13.2 Å². The summed E-state index contributed by atoms with van der Waals surface area (Å²) in [6, 6.07) is 1.84. The van der Waals surface area contributed by atoms with E-state index in [1.165, 1.54) is 0 Å². The Morgan fingerprint density at radius 3 is 3.33 bits per heavy atom. The summed E-state index contributed by atoms with van der Waals surface area (Å²) in [4.78, 5) is 3.98. The molecule has 6 nitrogen and oxygen atoms in total. The zero-order valence-electron chi connectivity index (χ0n) is 8.28. The number of hydrogen-bond donors (Lipinski definition) is 4. The third kappa shape index (κ3) is 1.75. The van der Waals surface area contributed by atoms with Gasteiger partial charge in [0.15, 0.2) is 0 Å². The van der Waals surface area contributed by atoms with E-state index in [1.54, 1.807) is 36.7 Å². The SMILES string of the molecule is CN/C=C\C(=N)N1NNc2cnccc21. The van der Waals surface area contributed by atoms with Gasteiger partial charge in [-0.05, 0) is 18.3 Å². The quantitative estimate of drug-likeness (QED) is 0.415. The van der Waals surface area contributed by atoms with Crippen molar-refractivity contribution in [3.63, 3.8) is 0 Å². The summed E-state index contributed by atoms with van der Waals surface area (Å²) >= 11 is 0. The maximum atomic E-state index is 7.80. The van der Waals surface area contributed by atoms with Crippen LogP contribution in [0.1, 0.15) is 0 Å². The van der Waals surface area contributed by atoms with Gasteiger partial charge in [-0.15, -0.1) is 5.53 Å². The van der Waals surface area contributed by atoms with E-state index in [-0.39, 0.29) is 0 Å². The number of amidine groups is 1. The van der Waals surface area contributed by atoms with E-state index in [1.807, 2.05) is 6.07 Å². The Labute approximate surface area is 87.5 Å². The summed E-state index contributed by atoms with van der Waals surface area (Å²) in [5.74, 6) is 0.335. The van der Waals surface area contributed by atoms with Crippen LogP contribution in [0.15, 0.2) is 30.7 Å². The molecule has 0 radical (unpaired) electrons. The molecule has 4 N–H and O–H groups in total. The molecule has 0 amide bonds. The smallest absolute Gasteiger partial charge is 0.142 e. The van der Waals surface area contributed by atoms with Gasteiger partial charge in [-0.25, -0.2) is 5.01 Å². The van der Waals surface area contributed by atoms with Crippen molar-refractivity contribution in [1.82, 2.24) is 15.8 Å². The van der Waals surface area contributed by atoms with Crippen LogP contribution in [0, 0.1) is 5.41 Å². The van der Waals surface area contributed by atoms with Crippen LogP contribution in [0.3, 0.4) is 0 Å². The molecule has 0 fully saturated rings. The van der Waals surface area contributed by atoms with Crippen molar-refractivity contribution < 1.29 is 0 Å². The van der Waals surface area contributed by atoms with Gasteiger partial charge in [0.05, 0.1) is 17.6 Å². The van der Waals surface area contributed by atoms with Crippen molar-refractivity contribution in [2.24, 2.45) is 0 Å². The van der Waals surface area contributed by atoms with Crippen LogP contribution in [0.4, 0.5) is 11.4 Å². The second-order valence-electron chi connectivity index (χ2n) is 2.97. The first-order chi connectivity index (χ1) is 7.33. The zero-order chi connectivity index (χ0) is 10.7. The number of nitrogens with one attached hydrogen (secondary N) is 4. The number of aromatic nitrogens is 1. The minimum absolute atomic E-state index is 0.335. The molecule has 0 spiro atoms. The van der Waals surface area contributed by atoms with E-state index in [0.717, 1.165) is 11.4 Å². The van der Waals surface area contributed by atoms with Crippen molar-refractivity contribution in [3.05, 3.63) is 30.7 Å². The lowest BCUT2D eigenvalue weighted by molar-refractivity contribution is 0.883. The minimum atomic E-state index is 0.335. The Morgan fingerprint density at radius 1 is 1.67 bits per heavy atom. The molecular formula is C9H12N6. The second kappa shape index (κ2) is 3.97. The fourth-order valence-corrected chi connectivity index (χ4v) is 1.28. The van der Waals surface area contributed by atoms with Crippen molar-refractivity contribution >= 4 is 17.2 Å². The van der Waals surface area contributed by atoms with Gasteiger partial charge >= 0.3 is 0 Å². The Balaban J connectivity index is 2.20. The second-order valence-corrected chi connectivity index (χ2v) is 2.97. The van der Waals surface area contributed by atoms with Gasteiger partial charge in [-0.1, -0.05) is 0 Å². The standard InChI is InChI=1S/C9H12N6/c1-11-4-3-9(10)15-8-2-5-12-6-7(8)13-14-15/h2-6,10-11,13-14H,1H3/b4-3-,10-9?. The predicted molar refractivity (Wildman–Crippen MR) is 59.4 cm³/mol. The number of nitrogens with zero attached hydrogens (tertiary/aromatic N) is 2. The van der Waals surface area contributed by atoms with Crippen LogP contribution in [0.25, 0.3) is 0 Å². The molecule has 0 aliphatic carbocycles. The van der Waals surface area contributed by atoms with Gasteiger partial charge in [-0.3, -0.25) is 15.8 Å². The molecule has 0 saturated carbocycles. The number of hydrazine groups is 2.